The van der Waals surface area contributed by atoms with Crippen LogP contribution in [0.5, 0.6) is 5.75 Å². The Bertz CT molecular complexity index is 395. The molecular formula is C9H10ClN3O2. The Morgan fingerprint density at radius 3 is 2.80 bits per heavy atom. The summed E-state index contributed by atoms with van der Waals surface area (Å²) in [7, 11) is 0. The predicted octanol–water partition coefficient (Wildman–Crippen LogP) is 1.53. The van der Waals surface area contributed by atoms with Crippen molar-refractivity contribution in [3.8, 4) is 5.75 Å². The highest BCUT2D eigenvalue weighted by atomic mass is 35.5. The first-order valence-corrected chi connectivity index (χ1v) is 4.46. The molecule has 1 aromatic rings. The molecule has 0 fully saturated rings. The van der Waals surface area contributed by atoms with E-state index >= 15 is 0 Å². The Hall–Kier alpha value is -1.75. The molecule has 0 aliphatic rings. The molecular weight excluding hydrogens is 218 g/mol. The van der Waals surface area contributed by atoms with Gasteiger partial charge in [-0.2, -0.15) is 0 Å². The minimum absolute atomic E-state index is 0.0661. The second kappa shape index (κ2) is 4.65. The molecule has 0 heterocycles. The summed E-state index contributed by atoms with van der Waals surface area (Å²) in [6.07, 6.45) is 0.827. The summed E-state index contributed by atoms with van der Waals surface area (Å²) in [6, 6.07) is 3.85. The van der Waals surface area contributed by atoms with Crippen molar-refractivity contribution in [2.75, 3.05) is 0 Å². The molecule has 80 valence electrons. The highest BCUT2D eigenvalue weighted by molar-refractivity contribution is 6.32. The van der Waals surface area contributed by atoms with Crippen molar-refractivity contribution < 1.29 is 9.90 Å². The number of hydrogen-bond acceptors (Lipinski definition) is 3. The third-order valence-electron chi connectivity index (χ3n) is 1.80. The maximum absolute atomic E-state index is 10.8. The second-order valence-electron chi connectivity index (χ2n) is 2.88. The first-order valence-electron chi connectivity index (χ1n) is 4.08. The molecule has 0 radical (unpaired) electrons. The minimum atomic E-state index is -0.723. The SMILES string of the molecule is N=CN(Cc1ccc(Cl)c(O)c1)C(N)=O. The fourth-order valence-corrected chi connectivity index (χ4v) is 1.16. The van der Waals surface area contributed by atoms with Gasteiger partial charge in [0, 0.05) is 0 Å². The highest BCUT2D eigenvalue weighted by Gasteiger charge is 2.08. The van der Waals surface area contributed by atoms with Gasteiger partial charge in [-0.15, -0.1) is 0 Å². The van der Waals surface area contributed by atoms with Crippen LogP contribution >= 0.6 is 11.6 Å². The zero-order chi connectivity index (χ0) is 11.4. The van der Waals surface area contributed by atoms with Crippen LogP contribution in [-0.4, -0.2) is 22.4 Å². The highest BCUT2D eigenvalue weighted by Crippen LogP contribution is 2.24. The smallest absolute Gasteiger partial charge is 0.320 e. The molecule has 1 aromatic carbocycles. The Morgan fingerprint density at radius 2 is 2.33 bits per heavy atom. The Kier molecular flexibility index (Phi) is 3.51. The maximum atomic E-state index is 10.8. The molecule has 15 heavy (non-hydrogen) atoms. The van der Waals surface area contributed by atoms with Crippen LogP contribution in [0.15, 0.2) is 18.2 Å². The number of benzene rings is 1. The number of hydrogen-bond donors (Lipinski definition) is 3. The molecule has 6 heteroatoms. The summed E-state index contributed by atoms with van der Waals surface area (Å²) in [5, 5.41) is 16.5. The topological polar surface area (TPSA) is 90.4 Å². The van der Waals surface area contributed by atoms with E-state index in [9.17, 15) is 9.90 Å². The van der Waals surface area contributed by atoms with Crippen LogP contribution in [0, 0.1) is 5.41 Å². The van der Waals surface area contributed by atoms with Crippen LogP contribution in [0.1, 0.15) is 5.56 Å². The Balaban J connectivity index is 2.84. The number of phenolic OH excluding ortho intramolecular Hbond substituents is 1. The van der Waals surface area contributed by atoms with Crippen LogP contribution in [-0.2, 0) is 6.54 Å². The molecule has 2 amide bonds. The number of carbonyl (C=O) groups is 1. The van der Waals surface area contributed by atoms with Crippen LogP contribution < -0.4 is 5.73 Å². The lowest BCUT2D eigenvalue weighted by Gasteiger charge is -2.14. The number of aromatic hydroxyl groups is 1. The molecule has 0 spiro atoms. The standard InChI is InChI=1S/C9H10ClN3O2/c10-7-2-1-6(3-8(7)14)4-13(5-11)9(12)15/h1-3,5,11,14H,4H2,(H2,12,15). The van der Waals surface area contributed by atoms with Crippen molar-refractivity contribution in [2.24, 2.45) is 5.73 Å². The Labute approximate surface area is 91.6 Å². The predicted molar refractivity (Wildman–Crippen MR) is 57.0 cm³/mol. The molecule has 0 saturated heterocycles. The van der Waals surface area contributed by atoms with E-state index in [1.165, 1.54) is 12.1 Å². The van der Waals surface area contributed by atoms with Gasteiger partial charge in [0.05, 0.1) is 17.9 Å². The normalized spacial score (nSPS) is 9.67. The monoisotopic (exact) mass is 227 g/mol. The first-order chi connectivity index (χ1) is 7.04. The van der Waals surface area contributed by atoms with Gasteiger partial charge < -0.3 is 10.8 Å². The fraction of sp³-hybridized carbons (Fsp3) is 0.111. The quantitative estimate of drug-likeness (QED) is 0.540. The molecule has 0 bridgehead atoms. The number of phenols is 1. The lowest BCUT2D eigenvalue weighted by molar-refractivity contribution is 0.229. The summed E-state index contributed by atoms with van der Waals surface area (Å²) >= 11 is 5.61. The molecule has 1 rings (SSSR count). The van der Waals surface area contributed by atoms with Crippen molar-refractivity contribution in [3.05, 3.63) is 28.8 Å². The van der Waals surface area contributed by atoms with Crippen LogP contribution in [0.25, 0.3) is 0 Å². The van der Waals surface area contributed by atoms with Crippen molar-refractivity contribution in [3.63, 3.8) is 0 Å². The average molecular weight is 228 g/mol. The summed E-state index contributed by atoms with van der Waals surface area (Å²) in [5.41, 5.74) is 5.65. The number of nitrogens with two attached hydrogens (primary N) is 1. The molecule has 0 unspecified atom stereocenters. The largest absolute Gasteiger partial charge is 0.506 e. The molecule has 0 atom stereocenters. The minimum Gasteiger partial charge on any atom is -0.506 e. The third kappa shape index (κ3) is 2.85. The Morgan fingerprint density at radius 1 is 1.67 bits per heavy atom. The van der Waals surface area contributed by atoms with Gasteiger partial charge in [-0.3, -0.25) is 10.3 Å². The third-order valence-corrected chi connectivity index (χ3v) is 2.12. The van der Waals surface area contributed by atoms with Gasteiger partial charge in [0.2, 0.25) is 0 Å². The van der Waals surface area contributed by atoms with Gasteiger partial charge >= 0.3 is 6.03 Å². The lowest BCUT2D eigenvalue weighted by atomic mass is 10.2. The van der Waals surface area contributed by atoms with Gasteiger partial charge in [-0.1, -0.05) is 17.7 Å². The summed E-state index contributed by atoms with van der Waals surface area (Å²) in [4.78, 5) is 11.8. The van der Waals surface area contributed by atoms with Gasteiger partial charge in [0.1, 0.15) is 5.75 Å². The summed E-state index contributed by atoms with van der Waals surface area (Å²) < 4.78 is 0. The molecule has 0 saturated carbocycles. The van der Waals surface area contributed by atoms with E-state index in [1.807, 2.05) is 0 Å². The van der Waals surface area contributed by atoms with Crippen molar-refractivity contribution in [2.45, 2.75) is 6.54 Å². The second-order valence-corrected chi connectivity index (χ2v) is 3.29. The van der Waals surface area contributed by atoms with E-state index in [-0.39, 0.29) is 17.3 Å². The number of halogens is 1. The van der Waals surface area contributed by atoms with Crippen molar-refractivity contribution >= 4 is 24.0 Å². The van der Waals surface area contributed by atoms with Crippen LogP contribution in [0.4, 0.5) is 4.79 Å². The first kappa shape index (κ1) is 11.3. The van der Waals surface area contributed by atoms with Crippen molar-refractivity contribution in [1.29, 1.82) is 5.41 Å². The van der Waals surface area contributed by atoms with E-state index in [0.717, 1.165) is 11.2 Å². The van der Waals surface area contributed by atoms with Gasteiger partial charge in [-0.05, 0) is 17.7 Å². The lowest BCUT2D eigenvalue weighted by Crippen LogP contribution is -2.33. The van der Waals surface area contributed by atoms with Gasteiger partial charge in [0.15, 0.2) is 0 Å². The van der Waals surface area contributed by atoms with Crippen molar-refractivity contribution in [1.82, 2.24) is 4.90 Å². The molecule has 0 aliphatic heterocycles. The van der Waals surface area contributed by atoms with Crippen LogP contribution in [0.2, 0.25) is 5.02 Å². The summed E-state index contributed by atoms with van der Waals surface area (Å²) in [6.45, 7) is 0.129. The number of primary amides is 1. The number of nitrogens with one attached hydrogen (secondary N) is 1. The molecule has 5 nitrogen and oxygen atoms in total. The van der Waals surface area contributed by atoms with Gasteiger partial charge in [0.25, 0.3) is 0 Å². The number of nitrogens with zero attached hydrogens (tertiary/aromatic N) is 1. The molecule has 0 aromatic heterocycles. The fourth-order valence-electron chi connectivity index (χ4n) is 1.04. The van der Waals surface area contributed by atoms with E-state index in [0.29, 0.717) is 5.56 Å². The van der Waals surface area contributed by atoms with E-state index in [2.05, 4.69) is 0 Å². The average Bonchev–Trinajstić information content (AvgIpc) is 2.19. The van der Waals surface area contributed by atoms with E-state index < -0.39 is 6.03 Å². The zero-order valence-electron chi connectivity index (χ0n) is 7.77. The zero-order valence-corrected chi connectivity index (χ0v) is 8.53. The molecule has 4 N–H and O–H groups in total. The molecule has 0 aliphatic carbocycles. The number of urea groups is 1. The van der Waals surface area contributed by atoms with E-state index in [1.54, 1.807) is 6.07 Å². The number of amides is 2. The number of carbonyl (C=O) groups excluding carboxylic acids is 1. The summed E-state index contributed by atoms with van der Waals surface area (Å²) in [5.74, 6) is -0.0661. The van der Waals surface area contributed by atoms with Gasteiger partial charge in [-0.25, -0.2) is 4.79 Å². The van der Waals surface area contributed by atoms with Crippen LogP contribution in [0.3, 0.4) is 0 Å². The number of rotatable bonds is 3. The maximum Gasteiger partial charge on any atom is 0.320 e. The van der Waals surface area contributed by atoms with E-state index in [4.69, 9.17) is 22.7 Å².